The topological polar surface area (TPSA) is 71.1 Å². The first-order chi connectivity index (χ1) is 17.5. The monoisotopic (exact) mass is 477 g/mol. The van der Waals surface area contributed by atoms with Crippen LogP contribution in [0.25, 0.3) is 10.8 Å². The lowest BCUT2D eigenvalue weighted by atomic mass is 9.78. The molecule has 182 valence electrons. The van der Waals surface area contributed by atoms with E-state index in [9.17, 15) is 9.59 Å². The average Bonchev–Trinajstić information content (AvgIpc) is 3.41. The van der Waals surface area contributed by atoms with E-state index in [2.05, 4.69) is 27.8 Å². The molecule has 0 spiro atoms. The van der Waals surface area contributed by atoms with Gasteiger partial charge in [0.2, 0.25) is 5.91 Å². The van der Waals surface area contributed by atoms with Crippen LogP contribution in [-0.4, -0.2) is 22.8 Å². The van der Waals surface area contributed by atoms with Crippen LogP contribution in [0.2, 0.25) is 0 Å². The third-order valence-corrected chi connectivity index (χ3v) is 7.24. The number of hydrogen-bond donors (Lipinski definition) is 2. The third-order valence-electron chi connectivity index (χ3n) is 7.24. The molecule has 4 aromatic rings. The van der Waals surface area contributed by atoms with Gasteiger partial charge in [-0.15, -0.1) is 0 Å². The summed E-state index contributed by atoms with van der Waals surface area (Å²) in [4.78, 5) is 30.6. The van der Waals surface area contributed by atoms with Crippen molar-refractivity contribution in [1.29, 1.82) is 0 Å². The van der Waals surface area contributed by atoms with Crippen molar-refractivity contribution < 1.29 is 9.59 Å². The maximum atomic E-state index is 13.4. The van der Waals surface area contributed by atoms with Crippen molar-refractivity contribution in [2.24, 2.45) is 0 Å². The Labute approximate surface area is 212 Å². The molecule has 0 bridgehead atoms. The van der Waals surface area contributed by atoms with Gasteiger partial charge < -0.3 is 10.6 Å². The predicted octanol–water partition coefficient (Wildman–Crippen LogP) is 6.05. The SMILES string of the molecule is CC(Cc1ccc(NC(=O)c2nccc3ccccc23)cc1)NC(=O)C1(c2ccccc2)CCCC1. The minimum atomic E-state index is -0.417. The Balaban J connectivity index is 1.22. The largest absolute Gasteiger partial charge is 0.353 e. The molecule has 1 aliphatic rings. The highest BCUT2D eigenvalue weighted by molar-refractivity contribution is 6.11. The zero-order valence-electron chi connectivity index (χ0n) is 20.5. The normalized spacial score (nSPS) is 15.4. The fourth-order valence-electron chi connectivity index (χ4n) is 5.36. The van der Waals surface area contributed by atoms with Gasteiger partial charge in [-0.05, 0) is 60.9 Å². The van der Waals surface area contributed by atoms with Gasteiger partial charge in [0.05, 0.1) is 5.41 Å². The van der Waals surface area contributed by atoms with Crippen molar-refractivity contribution in [1.82, 2.24) is 10.3 Å². The van der Waals surface area contributed by atoms with Gasteiger partial charge in [-0.25, -0.2) is 0 Å². The molecule has 1 saturated carbocycles. The quantitative estimate of drug-likeness (QED) is 0.341. The molecule has 0 radical (unpaired) electrons. The molecular weight excluding hydrogens is 446 g/mol. The van der Waals surface area contributed by atoms with E-state index in [0.29, 0.717) is 11.4 Å². The third kappa shape index (κ3) is 4.87. The van der Waals surface area contributed by atoms with E-state index in [-0.39, 0.29) is 17.9 Å². The zero-order valence-corrected chi connectivity index (χ0v) is 20.5. The van der Waals surface area contributed by atoms with Gasteiger partial charge in [0.15, 0.2) is 0 Å². The summed E-state index contributed by atoms with van der Waals surface area (Å²) in [5.41, 5.74) is 2.92. The maximum Gasteiger partial charge on any atom is 0.274 e. The second-order valence-corrected chi connectivity index (χ2v) is 9.77. The Morgan fingerprint density at radius 2 is 1.58 bits per heavy atom. The van der Waals surface area contributed by atoms with E-state index in [4.69, 9.17) is 0 Å². The van der Waals surface area contributed by atoms with E-state index in [1.165, 1.54) is 0 Å². The van der Waals surface area contributed by atoms with E-state index < -0.39 is 5.41 Å². The lowest BCUT2D eigenvalue weighted by Crippen LogP contribution is -2.46. The number of fused-ring (bicyclic) bond motifs is 1. The van der Waals surface area contributed by atoms with E-state index >= 15 is 0 Å². The molecule has 1 aliphatic carbocycles. The predicted molar refractivity (Wildman–Crippen MR) is 144 cm³/mol. The van der Waals surface area contributed by atoms with Crippen LogP contribution >= 0.6 is 0 Å². The molecule has 5 rings (SSSR count). The van der Waals surface area contributed by atoms with Crippen molar-refractivity contribution in [3.05, 3.63) is 108 Å². The van der Waals surface area contributed by atoms with E-state index in [1.807, 2.05) is 79.7 Å². The summed E-state index contributed by atoms with van der Waals surface area (Å²) < 4.78 is 0. The Morgan fingerprint density at radius 1 is 0.889 bits per heavy atom. The van der Waals surface area contributed by atoms with Crippen molar-refractivity contribution in [3.63, 3.8) is 0 Å². The highest BCUT2D eigenvalue weighted by Gasteiger charge is 2.42. The number of pyridine rings is 1. The van der Waals surface area contributed by atoms with Gasteiger partial charge in [0, 0.05) is 23.3 Å². The van der Waals surface area contributed by atoms with Crippen LogP contribution in [0.3, 0.4) is 0 Å². The standard InChI is InChI=1S/C31H31N3O2/c1-22(33-30(36)31(18-7-8-19-31)25-10-3-2-4-11-25)21-23-13-15-26(16-14-23)34-29(35)28-27-12-6-5-9-24(27)17-20-32-28/h2-6,9-17,20,22H,7-8,18-19,21H2,1H3,(H,33,36)(H,34,35). The second kappa shape index (κ2) is 10.3. The highest BCUT2D eigenvalue weighted by Crippen LogP contribution is 2.41. The number of aromatic nitrogens is 1. The maximum absolute atomic E-state index is 13.4. The second-order valence-electron chi connectivity index (χ2n) is 9.77. The van der Waals surface area contributed by atoms with E-state index in [0.717, 1.165) is 54.0 Å². The first-order valence-electron chi connectivity index (χ1n) is 12.7. The smallest absolute Gasteiger partial charge is 0.274 e. The lowest BCUT2D eigenvalue weighted by molar-refractivity contribution is -0.127. The summed E-state index contributed by atoms with van der Waals surface area (Å²) >= 11 is 0. The first-order valence-corrected chi connectivity index (χ1v) is 12.7. The summed E-state index contributed by atoms with van der Waals surface area (Å²) in [5, 5.41) is 8.04. The molecule has 5 heteroatoms. The molecule has 1 fully saturated rings. The minimum Gasteiger partial charge on any atom is -0.353 e. The minimum absolute atomic E-state index is 0.000915. The molecule has 0 aliphatic heterocycles. The molecule has 1 heterocycles. The summed E-state index contributed by atoms with van der Waals surface area (Å²) in [6.07, 6.45) is 6.33. The fraction of sp³-hybridized carbons (Fsp3) is 0.258. The van der Waals surface area contributed by atoms with Crippen LogP contribution in [0, 0.1) is 0 Å². The molecule has 1 atom stereocenters. The van der Waals surface area contributed by atoms with Gasteiger partial charge >= 0.3 is 0 Å². The Kier molecular flexibility index (Phi) is 6.81. The number of rotatable bonds is 7. The first kappa shape index (κ1) is 23.7. The number of amides is 2. The Bertz CT molecular complexity index is 1350. The van der Waals surface area contributed by atoms with Gasteiger partial charge in [0.1, 0.15) is 5.69 Å². The number of benzene rings is 3. The van der Waals surface area contributed by atoms with Crippen LogP contribution in [0.5, 0.6) is 0 Å². The number of nitrogens with zero attached hydrogens (tertiary/aromatic N) is 1. The summed E-state index contributed by atoms with van der Waals surface area (Å²) in [7, 11) is 0. The number of nitrogens with one attached hydrogen (secondary N) is 2. The van der Waals surface area contributed by atoms with Crippen LogP contribution in [-0.2, 0) is 16.6 Å². The molecule has 2 amide bonds. The number of anilines is 1. The number of carbonyl (C=O) groups excluding carboxylic acids is 2. The number of carbonyl (C=O) groups is 2. The van der Waals surface area contributed by atoms with Crippen molar-refractivity contribution in [2.45, 2.75) is 50.5 Å². The van der Waals surface area contributed by atoms with Crippen LogP contribution in [0.15, 0.2) is 91.1 Å². The van der Waals surface area contributed by atoms with Crippen molar-refractivity contribution in [2.75, 3.05) is 5.32 Å². The van der Waals surface area contributed by atoms with Gasteiger partial charge in [-0.3, -0.25) is 14.6 Å². The summed E-state index contributed by atoms with van der Waals surface area (Å²) in [5.74, 6) is -0.104. The van der Waals surface area contributed by atoms with Crippen molar-refractivity contribution >= 4 is 28.3 Å². The molecule has 36 heavy (non-hydrogen) atoms. The Hall–Kier alpha value is -3.99. The van der Waals surface area contributed by atoms with Gasteiger partial charge in [-0.2, -0.15) is 0 Å². The average molecular weight is 478 g/mol. The van der Waals surface area contributed by atoms with Crippen LogP contribution in [0.4, 0.5) is 5.69 Å². The highest BCUT2D eigenvalue weighted by atomic mass is 16.2. The molecule has 5 nitrogen and oxygen atoms in total. The molecular formula is C31H31N3O2. The molecule has 0 saturated heterocycles. The molecule has 3 aromatic carbocycles. The van der Waals surface area contributed by atoms with Crippen molar-refractivity contribution in [3.8, 4) is 0 Å². The van der Waals surface area contributed by atoms with E-state index in [1.54, 1.807) is 6.20 Å². The number of hydrogen-bond acceptors (Lipinski definition) is 3. The van der Waals surface area contributed by atoms with Gasteiger partial charge in [-0.1, -0.05) is 79.6 Å². The van der Waals surface area contributed by atoms with Crippen LogP contribution in [0.1, 0.15) is 54.2 Å². The fourth-order valence-corrected chi connectivity index (χ4v) is 5.36. The van der Waals surface area contributed by atoms with Crippen LogP contribution < -0.4 is 10.6 Å². The van der Waals surface area contributed by atoms with Gasteiger partial charge in [0.25, 0.3) is 5.91 Å². The molecule has 2 N–H and O–H groups in total. The summed E-state index contributed by atoms with van der Waals surface area (Å²) in [6.45, 7) is 2.05. The molecule has 1 unspecified atom stereocenters. The zero-order chi connectivity index (χ0) is 25.0. The summed E-state index contributed by atoms with van der Waals surface area (Å²) in [6, 6.07) is 27.6. The lowest BCUT2D eigenvalue weighted by Gasteiger charge is -2.30. The molecule has 1 aromatic heterocycles. The Morgan fingerprint density at radius 3 is 2.33 bits per heavy atom.